The molecule has 1 aromatic carbocycles. The van der Waals surface area contributed by atoms with Crippen molar-refractivity contribution in [3.63, 3.8) is 0 Å². The van der Waals surface area contributed by atoms with Crippen LogP contribution >= 0.6 is 0 Å². The lowest BCUT2D eigenvalue weighted by Gasteiger charge is -2.25. The molecule has 2 heterocycles. The molecule has 1 saturated heterocycles. The number of aromatic nitrogens is 1. The first-order chi connectivity index (χ1) is 12.1. The Morgan fingerprint density at radius 2 is 1.92 bits per heavy atom. The summed E-state index contributed by atoms with van der Waals surface area (Å²) in [4.78, 5) is 17.3. The van der Waals surface area contributed by atoms with E-state index in [1.54, 1.807) is 0 Å². The largest absolute Gasteiger partial charge is 0.361 e. The number of benzene rings is 1. The Balaban J connectivity index is 1.60. The van der Waals surface area contributed by atoms with Crippen molar-refractivity contribution in [1.29, 1.82) is 0 Å². The number of aryl methyl sites for hydroxylation is 2. The van der Waals surface area contributed by atoms with Gasteiger partial charge in [0.1, 0.15) is 5.76 Å². The van der Waals surface area contributed by atoms with Crippen LogP contribution in [-0.2, 0) is 11.3 Å². The van der Waals surface area contributed by atoms with Gasteiger partial charge in [0.05, 0.1) is 11.6 Å². The average Bonchev–Trinajstić information content (AvgIpc) is 2.83. The van der Waals surface area contributed by atoms with E-state index in [0.29, 0.717) is 0 Å². The van der Waals surface area contributed by atoms with E-state index in [0.717, 1.165) is 56.2 Å². The van der Waals surface area contributed by atoms with Crippen molar-refractivity contribution in [2.45, 2.75) is 39.7 Å². The number of carbonyl (C=O) groups is 1. The third-order valence-electron chi connectivity index (χ3n) is 5.13. The number of rotatable bonds is 4. The van der Waals surface area contributed by atoms with E-state index >= 15 is 0 Å². The molecule has 0 radical (unpaired) electrons. The molecule has 1 amide bonds. The maximum absolute atomic E-state index is 12.9. The summed E-state index contributed by atoms with van der Waals surface area (Å²) in [6, 6.07) is 10.0. The van der Waals surface area contributed by atoms with E-state index in [2.05, 4.69) is 10.1 Å². The Morgan fingerprint density at radius 1 is 1.16 bits per heavy atom. The van der Waals surface area contributed by atoms with E-state index in [-0.39, 0.29) is 11.8 Å². The van der Waals surface area contributed by atoms with Crippen LogP contribution < -0.4 is 0 Å². The van der Waals surface area contributed by atoms with Gasteiger partial charge in [0.15, 0.2) is 0 Å². The summed E-state index contributed by atoms with van der Waals surface area (Å²) in [6.07, 6.45) is 0.997. The van der Waals surface area contributed by atoms with Crippen molar-refractivity contribution in [3.8, 4) is 0 Å². The minimum atomic E-state index is -0.0877. The Bertz CT molecular complexity index is 691. The number of amides is 1. The van der Waals surface area contributed by atoms with Crippen molar-refractivity contribution in [3.05, 3.63) is 52.9 Å². The minimum Gasteiger partial charge on any atom is -0.361 e. The Hall–Kier alpha value is -2.14. The molecule has 0 bridgehead atoms. The topological polar surface area (TPSA) is 49.6 Å². The van der Waals surface area contributed by atoms with Gasteiger partial charge in [0.2, 0.25) is 5.91 Å². The second kappa shape index (κ2) is 7.83. The zero-order valence-corrected chi connectivity index (χ0v) is 15.4. The van der Waals surface area contributed by atoms with Crippen LogP contribution in [0.25, 0.3) is 0 Å². The van der Waals surface area contributed by atoms with Crippen LogP contribution in [0, 0.1) is 13.8 Å². The zero-order chi connectivity index (χ0) is 17.8. The first-order valence-corrected chi connectivity index (χ1v) is 9.04. The monoisotopic (exact) mass is 341 g/mol. The quantitative estimate of drug-likeness (QED) is 0.857. The molecule has 0 unspecified atom stereocenters. The second-order valence-corrected chi connectivity index (χ2v) is 6.89. The van der Waals surface area contributed by atoms with Crippen LogP contribution in [0.4, 0.5) is 0 Å². The summed E-state index contributed by atoms with van der Waals surface area (Å²) in [7, 11) is 0. The van der Waals surface area contributed by atoms with Crippen LogP contribution in [0.3, 0.4) is 0 Å². The smallest absolute Gasteiger partial charge is 0.229 e. The fourth-order valence-electron chi connectivity index (χ4n) is 3.46. The summed E-state index contributed by atoms with van der Waals surface area (Å²) in [6.45, 7) is 10.3. The third kappa shape index (κ3) is 4.10. The number of nitrogens with zero attached hydrogens (tertiary/aromatic N) is 3. The summed E-state index contributed by atoms with van der Waals surface area (Å²) >= 11 is 0. The predicted molar refractivity (Wildman–Crippen MR) is 97.3 cm³/mol. The SMILES string of the molecule is Cc1noc(C)c1CN1CCCN(C(=O)[C@@H](C)c2ccccc2)CC1. The van der Waals surface area contributed by atoms with E-state index < -0.39 is 0 Å². The molecule has 1 fully saturated rings. The van der Waals surface area contributed by atoms with Crippen molar-refractivity contribution in [2.24, 2.45) is 0 Å². The first-order valence-electron chi connectivity index (χ1n) is 9.04. The molecule has 0 aliphatic carbocycles. The molecular weight excluding hydrogens is 314 g/mol. The van der Waals surface area contributed by atoms with E-state index in [4.69, 9.17) is 4.52 Å². The Labute approximate surface area is 149 Å². The maximum Gasteiger partial charge on any atom is 0.229 e. The molecule has 1 aliphatic rings. The van der Waals surface area contributed by atoms with Crippen LogP contribution in [0.2, 0.25) is 0 Å². The van der Waals surface area contributed by atoms with Gasteiger partial charge in [0.25, 0.3) is 0 Å². The maximum atomic E-state index is 12.9. The molecule has 3 rings (SSSR count). The zero-order valence-electron chi connectivity index (χ0n) is 15.4. The average molecular weight is 341 g/mol. The van der Waals surface area contributed by atoms with E-state index in [1.165, 1.54) is 5.56 Å². The highest BCUT2D eigenvalue weighted by Crippen LogP contribution is 2.20. The van der Waals surface area contributed by atoms with Gasteiger partial charge in [-0.2, -0.15) is 0 Å². The molecule has 1 aromatic heterocycles. The Kier molecular flexibility index (Phi) is 5.53. The molecule has 0 N–H and O–H groups in total. The normalized spacial score (nSPS) is 17.3. The van der Waals surface area contributed by atoms with Gasteiger partial charge < -0.3 is 9.42 Å². The van der Waals surface area contributed by atoms with Crippen molar-refractivity contribution in [1.82, 2.24) is 15.0 Å². The minimum absolute atomic E-state index is 0.0877. The van der Waals surface area contributed by atoms with Gasteiger partial charge in [-0.1, -0.05) is 35.5 Å². The highest BCUT2D eigenvalue weighted by atomic mass is 16.5. The Morgan fingerprint density at radius 3 is 2.60 bits per heavy atom. The van der Waals surface area contributed by atoms with Crippen molar-refractivity contribution in [2.75, 3.05) is 26.2 Å². The first kappa shape index (κ1) is 17.7. The van der Waals surface area contributed by atoms with Crippen LogP contribution in [0.1, 0.15) is 41.8 Å². The molecule has 1 atom stereocenters. The van der Waals surface area contributed by atoms with Crippen LogP contribution in [0.5, 0.6) is 0 Å². The molecule has 5 nitrogen and oxygen atoms in total. The molecule has 2 aromatic rings. The van der Waals surface area contributed by atoms with Crippen molar-refractivity contribution >= 4 is 5.91 Å². The van der Waals surface area contributed by atoms with Crippen molar-refractivity contribution < 1.29 is 9.32 Å². The standard InChI is InChI=1S/C20H27N3O2/c1-15(18-8-5-4-6-9-18)20(24)23-11-7-10-22(12-13-23)14-19-16(2)21-25-17(19)3/h4-6,8-9,15H,7,10-14H2,1-3H3/t15-/m0/s1. The van der Waals surface area contributed by atoms with Gasteiger partial charge in [-0.15, -0.1) is 0 Å². The van der Waals surface area contributed by atoms with Crippen LogP contribution in [0.15, 0.2) is 34.9 Å². The molecule has 0 spiro atoms. The second-order valence-electron chi connectivity index (χ2n) is 6.89. The number of carbonyl (C=O) groups excluding carboxylic acids is 1. The fourth-order valence-corrected chi connectivity index (χ4v) is 3.46. The predicted octanol–water partition coefficient (Wildman–Crippen LogP) is 3.13. The molecular formula is C20H27N3O2. The lowest BCUT2D eigenvalue weighted by molar-refractivity contribution is -0.132. The van der Waals surface area contributed by atoms with Gasteiger partial charge in [-0.05, 0) is 32.8 Å². The summed E-state index contributed by atoms with van der Waals surface area (Å²) in [5.74, 6) is 1.04. The lowest BCUT2D eigenvalue weighted by Crippen LogP contribution is -2.37. The third-order valence-corrected chi connectivity index (χ3v) is 5.13. The van der Waals surface area contributed by atoms with Gasteiger partial charge in [-0.3, -0.25) is 9.69 Å². The van der Waals surface area contributed by atoms with E-state index in [9.17, 15) is 4.79 Å². The summed E-state index contributed by atoms with van der Waals surface area (Å²) in [5, 5.41) is 4.04. The number of hydrogen-bond donors (Lipinski definition) is 0. The van der Waals surface area contributed by atoms with Gasteiger partial charge in [0, 0.05) is 38.3 Å². The fraction of sp³-hybridized carbons (Fsp3) is 0.500. The highest BCUT2D eigenvalue weighted by molar-refractivity contribution is 5.83. The highest BCUT2D eigenvalue weighted by Gasteiger charge is 2.25. The molecule has 25 heavy (non-hydrogen) atoms. The van der Waals surface area contributed by atoms with E-state index in [1.807, 2.05) is 56.0 Å². The molecule has 5 heteroatoms. The summed E-state index contributed by atoms with van der Waals surface area (Å²) in [5.41, 5.74) is 3.23. The molecule has 0 saturated carbocycles. The van der Waals surface area contributed by atoms with Gasteiger partial charge >= 0.3 is 0 Å². The molecule has 134 valence electrons. The summed E-state index contributed by atoms with van der Waals surface area (Å²) < 4.78 is 5.27. The lowest BCUT2D eigenvalue weighted by atomic mass is 10.00. The number of hydrogen-bond acceptors (Lipinski definition) is 4. The van der Waals surface area contributed by atoms with Gasteiger partial charge in [-0.25, -0.2) is 0 Å². The van der Waals surface area contributed by atoms with Crippen LogP contribution in [-0.4, -0.2) is 47.0 Å². The molecule has 1 aliphatic heterocycles.